The Bertz CT molecular complexity index is 680. The predicted octanol–water partition coefficient (Wildman–Crippen LogP) is 3.67. The van der Waals surface area contributed by atoms with E-state index in [0.29, 0.717) is 12.1 Å². The number of aromatic nitrogens is 2. The van der Waals surface area contributed by atoms with Gasteiger partial charge in [-0.3, -0.25) is 4.84 Å². The number of hydrogen-bond donors (Lipinski definition) is 0. The molecule has 1 aromatic carbocycles. The summed E-state index contributed by atoms with van der Waals surface area (Å²) in [5.74, 6) is -1.42. The van der Waals surface area contributed by atoms with Gasteiger partial charge in [0.1, 0.15) is 0 Å². The molecule has 23 heavy (non-hydrogen) atoms. The first kappa shape index (κ1) is 15.9. The monoisotopic (exact) mass is 327 g/mol. The first-order chi connectivity index (χ1) is 10.7. The number of rotatable bonds is 3. The Labute approximate surface area is 131 Å². The van der Waals surface area contributed by atoms with Crippen molar-refractivity contribution in [1.29, 1.82) is 0 Å². The molecule has 0 spiro atoms. The fourth-order valence-electron chi connectivity index (χ4n) is 2.36. The second-order valence-corrected chi connectivity index (χ2v) is 6.08. The third kappa shape index (κ3) is 3.70. The van der Waals surface area contributed by atoms with E-state index in [-0.39, 0.29) is 11.4 Å². The Balaban J connectivity index is 1.69. The van der Waals surface area contributed by atoms with Gasteiger partial charge in [-0.1, -0.05) is 29.4 Å². The average Bonchev–Trinajstić information content (AvgIpc) is 3.06. The molecule has 1 aliphatic rings. The smallest absolute Gasteiger partial charge is 0.329 e. The summed E-state index contributed by atoms with van der Waals surface area (Å²) in [6.45, 7) is 5.52. The van der Waals surface area contributed by atoms with Crippen LogP contribution in [0.5, 0.6) is 0 Å². The highest BCUT2D eigenvalue weighted by Gasteiger charge is 2.38. The molecule has 1 fully saturated rings. The summed E-state index contributed by atoms with van der Waals surface area (Å²) in [6.07, 6.45) is -3.68. The normalized spacial score (nSPS) is 18.5. The predicted molar refractivity (Wildman–Crippen MR) is 74.9 cm³/mol. The van der Waals surface area contributed by atoms with Crippen molar-refractivity contribution in [1.82, 2.24) is 15.2 Å². The number of nitrogens with zero attached hydrogens (tertiary/aromatic N) is 3. The van der Waals surface area contributed by atoms with Gasteiger partial charge in [-0.2, -0.15) is 23.2 Å². The maximum Gasteiger partial charge on any atom is 0.471 e. The summed E-state index contributed by atoms with van der Waals surface area (Å²) in [5.41, 5.74) is 1.31. The minimum Gasteiger partial charge on any atom is -0.329 e. The van der Waals surface area contributed by atoms with Gasteiger partial charge in [0.05, 0.1) is 5.60 Å². The molecule has 0 unspecified atom stereocenters. The van der Waals surface area contributed by atoms with Crippen LogP contribution in [0, 0.1) is 0 Å². The molecule has 1 aromatic heterocycles. The van der Waals surface area contributed by atoms with Gasteiger partial charge < -0.3 is 4.52 Å². The molecule has 1 aliphatic heterocycles. The maximum absolute atomic E-state index is 12.5. The first-order valence-corrected chi connectivity index (χ1v) is 7.17. The van der Waals surface area contributed by atoms with Crippen LogP contribution in [0.4, 0.5) is 13.2 Å². The molecule has 3 rings (SSSR count). The molecule has 0 N–H and O–H groups in total. The van der Waals surface area contributed by atoms with Crippen molar-refractivity contribution in [3.8, 4) is 11.4 Å². The lowest BCUT2D eigenvalue weighted by molar-refractivity contribution is -0.185. The van der Waals surface area contributed by atoms with E-state index in [1.165, 1.54) is 0 Å². The Morgan fingerprint density at radius 2 is 1.91 bits per heavy atom. The standard InChI is InChI=1S/C15H16F3N3O2/c1-14(2)7-8-21(23-14)9-10-3-5-11(6-4-10)12-19-13(22-20-12)15(16,17)18/h3-6H,7-9H2,1-2H3. The Morgan fingerprint density at radius 3 is 2.43 bits per heavy atom. The zero-order valence-electron chi connectivity index (χ0n) is 12.7. The molecule has 1 saturated heterocycles. The quantitative estimate of drug-likeness (QED) is 0.861. The van der Waals surface area contributed by atoms with Gasteiger partial charge in [0, 0.05) is 18.7 Å². The topological polar surface area (TPSA) is 51.4 Å². The fourth-order valence-corrected chi connectivity index (χ4v) is 2.36. The van der Waals surface area contributed by atoms with Crippen LogP contribution < -0.4 is 0 Å². The van der Waals surface area contributed by atoms with Crippen LogP contribution in [-0.4, -0.2) is 27.3 Å². The SMILES string of the molecule is CC1(C)CCN(Cc2ccc(-c3noc(C(F)(F)F)n3)cc2)O1. The highest BCUT2D eigenvalue weighted by Crippen LogP contribution is 2.30. The lowest BCUT2D eigenvalue weighted by Gasteiger charge is -2.20. The third-order valence-electron chi connectivity index (χ3n) is 3.58. The van der Waals surface area contributed by atoms with Crippen molar-refractivity contribution in [2.45, 2.75) is 38.6 Å². The third-order valence-corrected chi connectivity index (χ3v) is 3.58. The first-order valence-electron chi connectivity index (χ1n) is 7.17. The van der Waals surface area contributed by atoms with Gasteiger partial charge >= 0.3 is 12.1 Å². The Hall–Kier alpha value is -1.93. The zero-order valence-corrected chi connectivity index (χ0v) is 12.7. The molecule has 8 heteroatoms. The molecule has 2 aromatic rings. The highest BCUT2D eigenvalue weighted by molar-refractivity contribution is 5.54. The second-order valence-electron chi connectivity index (χ2n) is 6.08. The maximum atomic E-state index is 12.5. The minimum atomic E-state index is -4.63. The largest absolute Gasteiger partial charge is 0.471 e. The van der Waals surface area contributed by atoms with Gasteiger partial charge in [-0.25, -0.2) is 0 Å². The van der Waals surface area contributed by atoms with Crippen LogP contribution in [0.2, 0.25) is 0 Å². The molecule has 0 bridgehead atoms. The van der Waals surface area contributed by atoms with E-state index in [4.69, 9.17) is 4.84 Å². The molecule has 124 valence electrons. The molecule has 0 saturated carbocycles. The van der Waals surface area contributed by atoms with Crippen molar-refractivity contribution in [2.75, 3.05) is 6.54 Å². The summed E-state index contributed by atoms with van der Waals surface area (Å²) in [5, 5.41) is 5.24. The van der Waals surface area contributed by atoms with E-state index in [9.17, 15) is 13.2 Å². The molecule has 0 atom stereocenters. The Morgan fingerprint density at radius 1 is 1.22 bits per heavy atom. The molecule has 0 aliphatic carbocycles. The summed E-state index contributed by atoms with van der Waals surface area (Å²) in [4.78, 5) is 9.14. The van der Waals surface area contributed by atoms with Crippen LogP contribution in [0.25, 0.3) is 11.4 Å². The van der Waals surface area contributed by atoms with Gasteiger partial charge in [0.15, 0.2) is 0 Å². The molecule has 2 heterocycles. The van der Waals surface area contributed by atoms with Crippen molar-refractivity contribution >= 4 is 0 Å². The van der Waals surface area contributed by atoms with Crippen LogP contribution >= 0.6 is 0 Å². The molecular formula is C15H16F3N3O2. The molecular weight excluding hydrogens is 311 g/mol. The van der Waals surface area contributed by atoms with Gasteiger partial charge in [0.2, 0.25) is 5.82 Å². The number of benzene rings is 1. The zero-order chi connectivity index (χ0) is 16.7. The van der Waals surface area contributed by atoms with Crippen molar-refractivity contribution in [3.63, 3.8) is 0 Å². The summed E-state index contributed by atoms with van der Waals surface area (Å²) in [6, 6.07) is 6.96. The van der Waals surface area contributed by atoms with Crippen LogP contribution in [0.15, 0.2) is 28.8 Å². The van der Waals surface area contributed by atoms with E-state index in [1.807, 2.05) is 31.0 Å². The summed E-state index contributed by atoms with van der Waals surface area (Å²) in [7, 11) is 0. The van der Waals surface area contributed by atoms with Crippen LogP contribution in [0.3, 0.4) is 0 Å². The second kappa shape index (κ2) is 5.61. The summed E-state index contributed by atoms with van der Waals surface area (Å²) < 4.78 is 41.6. The van der Waals surface area contributed by atoms with Crippen molar-refractivity contribution in [3.05, 3.63) is 35.7 Å². The van der Waals surface area contributed by atoms with Crippen LogP contribution in [-0.2, 0) is 17.6 Å². The van der Waals surface area contributed by atoms with Gasteiger partial charge in [-0.05, 0) is 25.8 Å². The van der Waals surface area contributed by atoms with E-state index in [0.717, 1.165) is 18.5 Å². The number of halogens is 3. The fraction of sp³-hybridized carbons (Fsp3) is 0.467. The van der Waals surface area contributed by atoms with E-state index in [1.54, 1.807) is 12.1 Å². The number of alkyl halides is 3. The van der Waals surface area contributed by atoms with Gasteiger partial charge in [0.25, 0.3) is 0 Å². The molecule has 0 radical (unpaired) electrons. The van der Waals surface area contributed by atoms with Gasteiger partial charge in [-0.15, -0.1) is 0 Å². The number of hydrogen-bond acceptors (Lipinski definition) is 5. The van der Waals surface area contributed by atoms with Crippen LogP contribution in [0.1, 0.15) is 31.7 Å². The van der Waals surface area contributed by atoms with Crippen molar-refractivity contribution in [2.24, 2.45) is 0 Å². The van der Waals surface area contributed by atoms with E-state index in [2.05, 4.69) is 14.7 Å². The molecule has 0 amide bonds. The highest BCUT2D eigenvalue weighted by atomic mass is 19.4. The number of hydroxylamine groups is 2. The average molecular weight is 327 g/mol. The van der Waals surface area contributed by atoms with E-state index >= 15 is 0 Å². The lowest BCUT2D eigenvalue weighted by atomic mass is 10.1. The van der Waals surface area contributed by atoms with Crippen molar-refractivity contribution < 1.29 is 22.5 Å². The summed E-state index contributed by atoms with van der Waals surface area (Å²) >= 11 is 0. The van der Waals surface area contributed by atoms with E-state index < -0.39 is 12.1 Å². The Kier molecular flexibility index (Phi) is 3.89. The lowest BCUT2D eigenvalue weighted by Crippen LogP contribution is -2.23. The minimum absolute atomic E-state index is 0.0811. The molecule has 5 nitrogen and oxygen atoms in total.